The van der Waals surface area contributed by atoms with Crippen LogP contribution in [0.4, 0.5) is 8.78 Å². The quantitative estimate of drug-likeness (QED) is 0.697. The van der Waals surface area contributed by atoms with E-state index in [2.05, 4.69) is 11.8 Å². The molecule has 0 bridgehead atoms. The van der Waals surface area contributed by atoms with E-state index in [1.54, 1.807) is 7.11 Å². The van der Waals surface area contributed by atoms with Gasteiger partial charge in [0.05, 0.1) is 6.61 Å². The van der Waals surface area contributed by atoms with Gasteiger partial charge in [0.25, 0.3) is 0 Å². The van der Waals surface area contributed by atoms with Crippen LogP contribution in [-0.4, -0.2) is 44.7 Å². The highest BCUT2D eigenvalue weighted by molar-refractivity contribution is 4.81. The molecule has 0 amide bonds. The van der Waals surface area contributed by atoms with Crippen molar-refractivity contribution in [2.75, 3.05) is 33.4 Å². The van der Waals surface area contributed by atoms with Crippen molar-refractivity contribution in [1.82, 2.24) is 4.90 Å². The summed E-state index contributed by atoms with van der Waals surface area (Å²) in [5.74, 6) is -0.480. The molecule has 2 unspecified atom stereocenters. The average molecular weight is 207 g/mol. The van der Waals surface area contributed by atoms with Crippen molar-refractivity contribution in [3.8, 4) is 0 Å². The number of hydrogen-bond donors (Lipinski definition) is 0. The fraction of sp³-hybridized carbons (Fsp3) is 1.00. The molecule has 1 rings (SSSR count). The second kappa shape index (κ2) is 5.61. The van der Waals surface area contributed by atoms with Crippen molar-refractivity contribution >= 4 is 0 Å². The molecule has 1 aliphatic rings. The summed E-state index contributed by atoms with van der Waals surface area (Å²) in [6.07, 6.45) is -1.60. The van der Waals surface area contributed by atoms with Gasteiger partial charge in [-0.3, -0.25) is 0 Å². The summed E-state index contributed by atoms with van der Waals surface area (Å²) in [5, 5.41) is 0. The maximum absolute atomic E-state index is 12.7. The van der Waals surface area contributed by atoms with Gasteiger partial charge in [-0.05, 0) is 19.5 Å². The van der Waals surface area contributed by atoms with Gasteiger partial charge in [0.1, 0.15) is 0 Å². The highest BCUT2D eigenvalue weighted by Gasteiger charge is 2.34. The number of alkyl halides is 2. The third-order valence-corrected chi connectivity index (χ3v) is 3.03. The van der Waals surface area contributed by atoms with Gasteiger partial charge in [0, 0.05) is 25.5 Å². The zero-order chi connectivity index (χ0) is 10.6. The summed E-state index contributed by atoms with van der Waals surface area (Å²) in [6.45, 7) is 5.00. The predicted molar refractivity (Wildman–Crippen MR) is 51.6 cm³/mol. The van der Waals surface area contributed by atoms with Gasteiger partial charge >= 0.3 is 0 Å². The number of ether oxygens (including phenoxy) is 1. The maximum Gasteiger partial charge on any atom is 0.241 e. The molecule has 2 atom stereocenters. The van der Waals surface area contributed by atoms with Crippen LogP contribution >= 0.6 is 0 Å². The Morgan fingerprint density at radius 1 is 1.50 bits per heavy atom. The van der Waals surface area contributed by atoms with Crippen LogP contribution in [0.25, 0.3) is 0 Å². The van der Waals surface area contributed by atoms with E-state index in [0.717, 1.165) is 19.6 Å². The van der Waals surface area contributed by atoms with Crippen LogP contribution in [-0.2, 0) is 4.74 Å². The van der Waals surface area contributed by atoms with Crippen LogP contribution in [0.3, 0.4) is 0 Å². The van der Waals surface area contributed by atoms with Gasteiger partial charge in [0.15, 0.2) is 0 Å². The number of hydrogen-bond acceptors (Lipinski definition) is 2. The Bertz CT molecular complexity index is 166. The van der Waals surface area contributed by atoms with E-state index >= 15 is 0 Å². The molecule has 1 heterocycles. The molecule has 0 aromatic rings. The Kier molecular flexibility index (Phi) is 4.75. The fourth-order valence-corrected chi connectivity index (χ4v) is 2.13. The van der Waals surface area contributed by atoms with Crippen LogP contribution in [0.5, 0.6) is 0 Å². The molecule has 0 radical (unpaired) electrons. The maximum atomic E-state index is 12.7. The van der Waals surface area contributed by atoms with Gasteiger partial charge in [-0.15, -0.1) is 0 Å². The standard InChI is InChI=1S/C10H19F2NO/c1-3-13-5-4-9(10(11)12)8(6-13)7-14-2/h8-10H,3-7H2,1-2H3. The van der Waals surface area contributed by atoms with Crippen molar-refractivity contribution < 1.29 is 13.5 Å². The molecule has 84 valence electrons. The first-order chi connectivity index (χ1) is 6.69. The molecule has 14 heavy (non-hydrogen) atoms. The van der Waals surface area contributed by atoms with Crippen LogP contribution in [0.1, 0.15) is 13.3 Å². The normalized spacial score (nSPS) is 29.8. The molecular formula is C10H19F2NO. The Morgan fingerprint density at radius 2 is 2.21 bits per heavy atom. The second-order valence-corrected chi connectivity index (χ2v) is 3.90. The highest BCUT2D eigenvalue weighted by atomic mass is 19.3. The zero-order valence-corrected chi connectivity index (χ0v) is 8.88. The van der Waals surface area contributed by atoms with Gasteiger partial charge in [-0.1, -0.05) is 6.92 Å². The SMILES string of the molecule is CCN1CCC(C(F)F)C(COC)C1. The van der Waals surface area contributed by atoms with Crippen molar-refractivity contribution in [2.24, 2.45) is 11.8 Å². The summed E-state index contributed by atoms with van der Waals surface area (Å²) in [6, 6.07) is 0. The number of piperidine rings is 1. The average Bonchev–Trinajstić information content (AvgIpc) is 2.17. The molecule has 1 saturated heterocycles. The molecule has 4 heteroatoms. The summed E-state index contributed by atoms with van der Waals surface area (Å²) in [7, 11) is 1.58. The van der Waals surface area contributed by atoms with E-state index < -0.39 is 12.3 Å². The lowest BCUT2D eigenvalue weighted by Crippen LogP contribution is -2.44. The largest absolute Gasteiger partial charge is 0.384 e. The lowest BCUT2D eigenvalue weighted by molar-refractivity contribution is -0.0288. The fourth-order valence-electron chi connectivity index (χ4n) is 2.13. The molecule has 1 aliphatic heterocycles. The molecule has 0 aromatic heterocycles. The molecule has 0 aromatic carbocycles. The van der Waals surface area contributed by atoms with E-state index in [-0.39, 0.29) is 5.92 Å². The van der Waals surface area contributed by atoms with Crippen LogP contribution in [0.2, 0.25) is 0 Å². The minimum atomic E-state index is -2.20. The molecule has 1 fully saturated rings. The number of rotatable bonds is 4. The van der Waals surface area contributed by atoms with E-state index in [1.165, 1.54) is 0 Å². The molecule has 0 aliphatic carbocycles. The van der Waals surface area contributed by atoms with Crippen molar-refractivity contribution in [3.63, 3.8) is 0 Å². The van der Waals surface area contributed by atoms with Gasteiger partial charge in [-0.25, -0.2) is 8.78 Å². The van der Waals surface area contributed by atoms with E-state index in [4.69, 9.17) is 4.74 Å². The van der Waals surface area contributed by atoms with E-state index in [0.29, 0.717) is 13.0 Å². The summed E-state index contributed by atoms with van der Waals surface area (Å²) >= 11 is 0. The number of halogens is 2. The third-order valence-electron chi connectivity index (χ3n) is 3.03. The van der Waals surface area contributed by atoms with Crippen molar-refractivity contribution in [2.45, 2.75) is 19.8 Å². The third kappa shape index (κ3) is 2.89. The lowest BCUT2D eigenvalue weighted by atomic mass is 9.86. The van der Waals surface area contributed by atoms with E-state index in [9.17, 15) is 8.78 Å². The minimum absolute atomic E-state index is 0.00583. The predicted octanol–water partition coefficient (Wildman–Crippen LogP) is 1.86. The van der Waals surface area contributed by atoms with Gasteiger partial charge in [0.2, 0.25) is 6.43 Å². The van der Waals surface area contributed by atoms with Crippen LogP contribution < -0.4 is 0 Å². The molecule has 0 N–H and O–H groups in total. The van der Waals surface area contributed by atoms with Crippen LogP contribution in [0, 0.1) is 11.8 Å². The Labute approximate surface area is 84.2 Å². The monoisotopic (exact) mass is 207 g/mol. The number of nitrogens with zero attached hydrogens (tertiary/aromatic N) is 1. The molecule has 2 nitrogen and oxygen atoms in total. The summed E-state index contributed by atoms with van der Waals surface area (Å²) in [5.41, 5.74) is 0. The lowest BCUT2D eigenvalue weighted by Gasteiger charge is -2.37. The second-order valence-electron chi connectivity index (χ2n) is 3.90. The number of methoxy groups -OCH3 is 1. The first-order valence-corrected chi connectivity index (χ1v) is 5.18. The highest BCUT2D eigenvalue weighted by Crippen LogP contribution is 2.29. The molecular weight excluding hydrogens is 188 g/mol. The smallest absolute Gasteiger partial charge is 0.241 e. The summed E-state index contributed by atoms with van der Waals surface area (Å²) in [4.78, 5) is 2.21. The molecule has 0 saturated carbocycles. The Balaban J connectivity index is 2.51. The van der Waals surface area contributed by atoms with Crippen molar-refractivity contribution in [3.05, 3.63) is 0 Å². The Morgan fingerprint density at radius 3 is 2.71 bits per heavy atom. The summed E-state index contributed by atoms with van der Waals surface area (Å²) < 4.78 is 30.3. The minimum Gasteiger partial charge on any atom is -0.384 e. The topological polar surface area (TPSA) is 12.5 Å². The zero-order valence-electron chi connectivity index (χ0n) is 8.88. The van der Waals surface area contributed by atoms with Gasteiger partial charge < -0.3 is 9.64 Å². The first-order valence-electron chi connectivity index (χ1n) is 5.18. The van der Waals surface area contributed by atoms with Crippen LogP contribution in [0.15, 0.2) is 0 Å². The number of likely N-dealkylation sites (tertiary alicyclic amines) is 1. The van der Waals surface area contributed by atoms with E-state index in [1.807, 2.05) is 0 Å². The molecule has 0 spiro atoms. The van der Waals surface area contributed by atoms with Gasteiger partial charge in [-0.2, -0.15) is 0 Å². The first kappa shape index (κ1) is 11.9. The Hall–Kier alpha value is -0.220. The van der Waals surface area contributed by atoms with Crippen molar-refractivity contribution in [1.29, 1.82) is 0 Å².